The fraction of sp³-hybridized carbons (Fsp3) is 0.381. The Morgan fingerprint density at radius 2 is 2.00 bits per heavy atom. The van der Waals surface area contributed by atoms with E-state index in [1.807, 2.05) is 36.1 Å². The molecular formula is C21H24ClFN2O2. The van der Waals surface area contributed by atoms with Gasteiger partial charge in [0.1, 0.15) is 11.6 Å². The summed E-state index contributed by atoms with van der Waals surface area (Å²) in [6.45, 7) is 4.35. The van der Waals surface area contributed by atoms with Crippen LogP contribution in [0, 0.1) is 24.6 Å². The van der Waals surface area contributed by atoms with Crippen molar-refractivity contribution in [2.45, 2.75) is 13.0 Å². The number of nitrogens with one attached hydrogen (secondary N) is 1. The fourth-order valence-corrected chi connectivity index (χ4v) is 4.47. The lowest BCUT2D eigenvalue weighted by Gasteiger charge is -2.29. The zero-order valence-corrected chi connectivity index (χ0v) is 16.3. The van der Waals surface area contributed by atoms with Crippen LogP contribution in [0.3, 0.4) is 0 Å². The Bertz CT molecular complexity index is 845. The molecule has 2 aliphatic rings. The summed E-state index contributed by atoms with van der Waals surface area (Å²) < 4.78 is 19.2. The maximum Gasteiger partial charge on any atom is 0.254 e. The molecule has 2 heterocycles. The van der Waals surface area contributed by atoms with Crippen LogP contribution in [0.1, 0.15) is 27.5 Å². The van der Waals surface area contributed by atoms with Gasteiger partial charge in [-0.25, -0.2) is 4.39 Å². The molecule has 0 radical (unpaired) electrons. The van der Waals surface area contributed by atoms with E-state index in [1.54, 1.807) is 19.2 Å². The van der Waals surface area contributed by atoms with E-state index in [1.165, 1.54) is 6.07 Å². The lowest BCUT2D eigenvalue weighted by atomic mass is 9.89. The molecule has 6 heteroatoms. The van der Waals surface area contributed by atoms with Crippen molar-refractivity contribution in [1.29, 1.82) is 0 Å². The van der Waals surface area contributed by atoms with Crippen LogP contribution in [0.4, 0.5) is 4.39 Å². The van der Waals surface area contributed by atoms with Crippen molar-refractivity contribution in [2.75, 3.05) is 26.7 Å². The SMILES string of the molecule is COc1cccc(C(=O)N2C[C@@H]3CNC[C@@H]3[C@H]2c2cccc(F)c2)c1C.Cl. The van der Waals surface area contributed by atoms with Crippen molar-refractivity contribution >= 4 is 18.3 Å². The van der Waals surface area contributed by atoms with Gasteiger partial charge < -0.3 is 15.0 Å². The van der Waals surface area contributed by atoms with Gasteiger partial charge >= 0.3 is 0 Å². The van der Waals surface area contributed by atoms with Crippen molar-refractivity contribution in [3.63, 3.8) is 0 Å². The topological polar surface area (TPSA) is 41.6 Å². The number of benzene rings is 2. The molecule has 2 aromatic carbocycles. The first-order valence-corrected chi connectivity index (χ1v) is 9.01. The predicted octanol–water partition coefficient (Wildman–Crippen LogP) is 3.60. The van der Waals surface area contributed by atoms with Gasteiger partial charge in [-0.3, -0.25) is 4.79 Å². The number of nitrogens with zero attached hydrogens (tertiary/aromatic N) is 1. The summed E-state index contributed by atoms with van der Waals surface area (Å²) in [5.74, 6) is 1.15. The second kappa shape index (κ2) is 7.87. The molecule has 2 saturated heterocycles. The van der Waals surface area contributed by atoms with Gasteiger partial charge in [-0.1, -0.05) is 18.2 Å². The van der Waals surface area contributed by atoms with Crippen molar-refractivity contribution < 1.29 is 13.9 Å². The predicted molar refractivity (Wildman–Crippen MR) is 105 cm³/mol. The van der Waals surface area contributed by atoms with E-state index < -0.39 is 0 Å². The van der Waals surface area contributed by atoms with E-state index in [2.05, 4.69) is 5.32 Å². The first kappa shape index (κ1) is 19.6. The number of carbonyl (C=O) groups is 1. The van der Waals surface area contributed by atoms with Crippen LogP contribution in [0.25, 0.3) is 0 Å². The highest BCUT2D eigenvalue weighted by Crippen LogP contribution is 2.43. The van der Waals surface area contributed by atoms with E-state index in [0.717, 1.165) is 24.2 Å². The lowest BCUT2D eigenvalue weighted by molar-refractivity contribution is 0.0712. The van der Waals surface area contributed by atoms with Gasteiger partial charge in [-0.2, -0.15) is 0 Å². The van der Waals surface area contributed by atoms with Crippen LogP contribution in [0.5, 0.6) is 5.75 Å². The molecule has 0 saturated carbocycles. The Morgan fingerprint density at radius 3 is 2.74 bits per heavy atom. The Kier molecular flexibility index (Phi) is 5.72. The van der Waals surface area contributed by atoms with Gasteiger partial charge in [-0.05, 0) is 42.7 Å². The quantitative estimate of drug-likeness (QED) is 0.870. The summed E-state index contributed by atoms with van der Waals surface area (Å²) in [6.07, 6.45) is 0. The number of ether oxygens (including phenoxy) is 1. The normalized spacial score (nSPS) is 23.7. The monoisotopic (exact) mass is 390 g/mol. The summed E-state index contributed by atoms with van der Waals surface area (Å²) in [4.78, 5) is 15.3. The molecule has 0 aliphatic carbocycles. The minimum atomic E-state index is -0.262. The number of halogens is 2. The summed E-state index contributed by atoms with van der Waals surface area (Å²) in [6, 6.07) is 12.1. The zero-order chi connectivity index (χ0) is 18.3. The molecular weight excluding hydrogens is 367 g/mol. The average Bonchev–Trinajstić information content (AvgIpc) is 3.22. The van der Waals surface area contributed by atoms with Gasteiger partial charge in [0.05, 0.1) is 13.2 Å². The average molecular weight is 391 g/mol. The number of hydrogen-bond acceptors (Lipinski definition) is 3. The van der Waals surface area contributed by atoms with E-state index >= 15 is 0 Å². The summed E-state index contributed by atoms with van der Waals surface area (Å²) in [5.41, 5.74) is 2.36. The maximum absolute atomic E-state index is 13.8. The summed E-state index contributed by atoms with van der Waals surface area (Å²) in [7, 11) is 1.61. The molecule has 27 heavy (non-hydrogen) atoms. The standard InChI is InChI=1S/C21H23FN2O2.ClH/c1-13-17(7-4-8-19(13)26-2)21(25)24-12-15-10-23-11-18(15)20(24)14-5-3-6-16(22)9-14;/h3-9,15,18,20,23H,10-12H2,1-2H3;1H/t15-,18-,20+;/m0./s1. The largest absolute Gasteiger partial charge is 0.496 e. The van der Waals surface area contributed by atoms with Crippen LogP contribution >= 0.6 is 12.4 Å². The van der Waals surface area contributed by atoms with Crippen molar-refractivity contribution in [3.8, 4) is 5.75 Å². The number of likely N-dealkylation sites (tertiary alicyclic amines) is 1. The second-order valence-corrected chi connectivity index (χ2v) is 7.17. The van der Waals surface area contributed by atoms with Crippen LogP contribution in [0.15, 0.2) is 42.5 Å². The summed E-state index contributed by atoms with van der Waals surface area (Å²) >= 11 is 0. The molecule has 0 aromatic heterocycles. The lowest BCUT2D eigenvalue weighted by Crippen LogP contribution is -2.35. The van der Waals surface area contributed by atoms with Crippen molar-refractivity contribution in [2.24, 2.45) is 11.8 Å². The molecule has 2 aromatic rings. The molecule has 2 aliphatic heterocycles. The number of hydrogen-bond donors (Lipinski definition) is 1. The number of rotatable bonds is 3. The van der Waals surface area contributed by atoms with Gasteiger partial charge in [-0.15, -0.1) is 12.4 Å². The van der Waals surface area contributed by atoms with Gasteiger partial charge in [0.2, 0.25) is 0 Å². The van der Waals surface area contributed by atoms with E-state index in [-0.39, 0.29) is 30.2 Å². The third kappa shape index (κ3) is 3.42. The fourth-order valence-electron chi connectivity index (χ4n) is 4.47. The number of carbonyl (C=O) groups excluding carboxylic acids is 1. The van der Waals surface area contributed by atoms with Crippen LogP contribution in [0.2, 0.25) is 0 Å². The van der Waals surface area contributed by atoms with E-state index in [9.17, 15) is 9.18 Å². The first-order chi connectivity index (χ1) is 12.6. The molecule has 144 valence electrons. The first-order valence-electron chi connectivity index (χ1n) is 9.01. The van der Waals surface area contributed by atoms with E-state index in [4.69, 9.17) is 4.74 Å². The zero-order valence-electron chi connectivity index (χ0n) is 15.4. The maximum atomic E-state index is 13.8. The van der Waals surface area contributed by atoms with Gasteiger partial charge in [0, 0.05) is 36.7 Å². The third-order valence-electron chi connectivity index (χ3n) is 5.75. The smallest absolute Gasteiger partial charge is 0.254 e. The van der Waals surface area contributed by atoms with Crippen LogP contribution in [-0.4, -0.2) is 37.6 Å². The van der Waals surface area contributed by atoms with Crippen molar-refractivity contribution in [3.05, 3.63) is 65.0 Å². The minimum Gasteiger partial charge on any atom is -0.496 e. The number of fused-ring (bicyclic) bond motifs is 1. The molecule has 0 spiro atoms. The van der Waals surface area contributed by atoms with Crippen molar-refractivity contribution in [1.82, 2.24) is 10.2 Å². The molecule has 0 bridgehead atoms. The molecule has 4 rings (SSSR count). The molecule has 1 amide bonds. The second-order valence-electron chi connectivity index (χ2n) is 7.17. The molecule has 4 nitrogen and oxygen atoms in total. The van der Waals surface area contributed by atoms with Crippen LogP contribution in [-0.2, 0) is 0 Å². The minimum absolute atomic E-state index is 0. The Labute approximate surface area is 165 Å². The Balaban J connectivity index is 0.00000210. The van der Waals surface area contributed by atoms with Crippen LogP contribution < -0.4 is 10.1 Å². The molecule has 2 fully saturated rings. The van der Waals surface area contributed by atoms with Gasteiger partial charge in [0.25, 0.3) is 5.91 Å². The highest BCUT2D eigenvalue weighted by atomic mass is 35.5. The van der Waals surface area contributed by atoms with Gasteiger partial charge in [0.15, 0.2) is 0 Å². The Morgan fingerprint density at radius 1 is 1.22 bits per heavy atom. The molecule has 0 unspecified atom stereocenters. The van der Waals surface area contributed by atoms with E-state index in [0.29, 0.717) is 29.7 Å². The number of methoxy groups -OCH3 is 1. The summed E-state index contributed by atoms with van der Waals surface area (Å²) in [5, 5.41) is 3.42. The molecule has 1 N–H and O–H groups in total. The molecule has 3 atom stereocenters. The highest BCUT2D eigenvalue weighted by Gasteiger charge is 2.47. The third-order valence-corrected chi connectivity index (χ3v) is 5.75. The highest BCUT2D eigenvalue weighted by molar-refractivity contribution is 5.96. The number of amides is 1. The Hall–Kier alpha value is -2.11.